The molecule has 2 rings (SSSR count). The molecule has 22 heavy (non-hydrogen) atoms. The number of aryl methyl sites for hydroxylation is 1. The van der Waals surface area contributed by atoms with Gasteiger partial charge in [-0.05, 0) is 27.7 Å². The summed E-state index contributed by atoms with van der Waals surface area (Å²) in [7, 11) is 0. The van der Waals surface area contributed by atoms with Gasteiger partial charge < -0.3 is 19.9 Å². The van der Waals surface area contributed by atoms with Crippen LogP contribution in [0.2, 0.25) is 0 Å². The maximum absolute atomic E-state index is 12.2. The van der Waals surface area contributed by atoms with E-state index in [0.29, 0.717) is 5.56 Å². The minimum absolute atomic E-state index is 0.215. The summed E-state index contributed by atoms with van der Waals surface area (Å²) in [5.41, 5.74) is -1.40. The molecule has 1 saturated heterocycles. The van der Waals surface area contributed by atoms with Crippen molar-refractivity contribution in [1.82, 2.24) is 21.1 Å². The van der Waals surface area contributed by atoms with Crippen LogP contribution in [0.4, 0.5) is 9.59 Å². The van der Waals surface area contributed by atoms with Crippen LogP contribution in [0.15, 0.2) is 10.8 Å². The van der Waals surface area contributed by atoms with Gasteiger partial charge >= 0.3 is 12.1 Å². The Balaban J connectivity index is 2.21. The van der Waals surface area contributed by atoms with Crippen LogP contribution in [0.3, 0.4) is 0 Å². The number of ether oxygens (including phenoxy) is 1. The van der Waals surface area contributed by atoms with Crippen molar-refractivity contribution in [3.05, 3.63) is 17.5 Å². The van der Waals surface area contributed by atoms with Crippen molar-refractivity contribution >= 4 is 18.0 Å². The average Bonchev–Trinajstić information content (AvgIpc) is 2.89. The van der Waals surface area contributed by atoms with Gasteiger partial charge in [-0.1, -0.05) is 5.16 Å². The fourth-order valence-corrected chi connectivity index (χ4v) is 2.09. The third-order valence-electron chi connectivity index (χ3n) is 2.99. The van der Waals surface area contributed by atoms with Crippen molar-refractivity contribution in [1.29, 1.82) is 0 Å². The molecule has 9 heteroatoms. The smallest absolute Gasteiger partial charge is 0.407 e. The molecule has 120 valence electrons. The minimum atomic E-state index is -1.52. The van der Waals surface area contributed by atoms with Gasteiger partial charge in [-0.15, -0.1) is 0 Å². The van der Waals surface area contributed by atoms with E-state index in [0.717, 1.165) is 0 Å². The van der Waals surface area contributed by atoms with Crippen LogP contribution in [0.5, 0.6) is 0 Å². The molecular weight excluding hydrogens is 292 g/mol. The highest BCUT2D eigenvalue weighted by atomic mass is 16.6. The summed E-state index contributed by atoms with van der Waals surface area (Å²) in [5, 5.41) is 10.9. The molecule has 1 aromatic rings. The first-order chi connectivity index (χ1) is 10.1. The second-order valence-corrected chi connectivity index (χ2v) is 6.02. The van der Waals surface area contributed by atoms with Crippen molar-refractivity contribution < 1.29 is 23.6 Å². The Morgan fingerprint density at radius 2 is 2.14 bits per heavy atom. The number of hydrogen-bond donors (Lipinski definition) is 3. The average molecular weight is 310 g/mol. The van der Waals surface area contributed by atoms with Crippen molar-refractivity contribution in [2.24, 2.45) is 0 Å². The molecule has 0 unspecified atom stereocenters. The SMILES string of the molecule is Cc1conc1[C@@]1(CNC(=O)OC(C)(C)C)NC(=O)NC1=O. The fourth-order valence-electron chi connectivity index (χ4n) is 2.09. The van der Waals surface area contributed by atoms with E-state index in [1.54, 1.807) is 27.7 Å². The highest BCUT2D eigenvalue weighted by Crippen LogP contribution is 2.26. The van der Waals surface area contributed by atoms with Crippen LogP contribution in [-0.4, -0.2) is 35.3 Å². The van der Waals surface area contributed by atoms with Gasteiger partial charge in [0, 0.05) is 5.56 Å². The molecule has 9 nitrogen and oxygen atoms in total. The number of alkyl carbamates (subject to hydrolysis) is 1. The van der Waals surface area contributed by atoms with E-state index in [9.17, 15) is 14.4 Å². The fraction of sp³-hybridized carbons (Fsp3) is 0.538. The van der Waals surface area contributed by atoms with E-state index >= 15 is 0 Å². The van der Waals surface area contributed by atoms with Crippen molar-refractivity contribution in [3.8, 4) is 0 Å². The molecule has 0 aliphatic carbocycles. The summed E-state index contributed by atoms with van der Waals surface area (Å²) in [6.07, 6.45) is 0.643. The molecule has 1 aliphatic rings. The van der Waals surface area contributed by atoms with Crippen LogP contribution in [0, 0.1) is 6.92 Å². The Hall–Kier alpha value is -2.58. The van der Waals surface area contributed by atoms with Crippen LogP contribution in [0.1, 0.15) is 32.0 Å². The number of hydrogen-bond acceptors (Lipinski definition) is 6. The summed E-state index contributed by atoms with van der Waals surface area (Å²) in [6.45, 7) is 6.61. The van der Waals surface area contributed by atoms with Gasteiger partial charge in [0.05, 0.1) is 6.54 Å². The van der Waals surface area contributed by atoms with Gasteiger partial charge in [0.1, 0.15) is 17.6 Å². The summed E-state index contributed by atoms with van der Waals surface area (Å²) in [4.78, 5) is 35.5. The molecule has 4 amide bonds. The molecule has 1 fully saturated rings. The number of nitrogens with zero attached hydrogens (tertiary/aromatic N) is 1. The van der Waals surface area contributed by atoms with Gasteiger partial charge in [-0.3, -0.25) is 10.1 Å². The number of carbonyl (C=O) groups is 3. The van der Waals surface area contributed by atoms with E-state index in [-0.39, 0.29) is 12.2 Å². The third-order valence-corrected chi connectivity index (χ3v) is 2.99. The van der Waals surface area contributed by atoms with Crippen molar-refractivity contribution in [2.75, 3.05) is 6.54 Å². The summed E-state index contributed by atoms with van der Waals surface area (Å²) >= 11 is 0. The van der Waals surface area contributed by atoms with Crippen LogP contribution < -0.4 is 16.0 Å². The zero-order valence-electron chi connectivity index (χ0n) is 12.8. The molecule has 0 spiro atoms. The molecule has 0 aromatic carbocycles. The lowest BCUT2D eigenvalue weighted by molar-refractivity contribution is -0.124. The number of amides is 4. The first-order valence-electron chi connectivity index (χ1n) is 6.66. The van der Waals surface area contributed by atoms with E-state index < -0.39 is 29.2 Å². The summed E-state index contributed by atoms with van der Waals surface area (Å²) < 4.78 is 9.94. The first-order valence-corrected chi connectivity index (χ1v) is 6.66. The van der Waals surface area contributed by atoms with Gasteiger partial charge in [0.15, 0.2) is 5.54 Å². The monoisotopic (exact) mass is 310 g/mol. The largest absolute Gasteiger partial charge is 0.444 e. The van der Waals surface area contributed by atoms with Crippen LogP contribution >= 0.6 is 0 Å². The van der Waals surface area contributed by atoms with E-state index in [4.69, 9.17) is 9.26 Å². The maximum Gasteiger partial charge on any atom is 0.407 e. The standard InChI is InChI=1S/C13H18N4O5/c1-7-5-21-17-8(7)13(9(18)15-10(19)16-13)6-14-11(20)22-12(2,3)4/h5H,6H2,1-4H3,(H,14,20)(H2,15,16,18,19)/t13-/m1/s1. The van der Waals surface area contributed by atoms with Gasteiger partial charge in [-0.25, -0.2) is 9.59 Å². The molecule has 3 N–H and O–H groups in total. The third kappa shape index (κ3) is 3.02. The molecule has 0 bridgehead atoms. The zero-order valence-corrected chi connectivity index (χ0v) is 12.8. The van der Waals surface area contributed by atoms with Gasteiger partial charge in [0.25, 0.3) is 5.91 Å². The topological polar surface area (TPSA) is 123 Å². The lowest BCUT2D eigenvalue weighted by atomic mass is 9.93. The van der Waals surface area contributed by atoms with E-state index in [2.05, 4.69) is 21.1 Å². The predicted octanol–water partition coefficient (Wildman–Crippen LogP) is 0.542. The Labute approximate surface area is 126 Å². The summed E-state index contributed by atoms with van der Waals surface area (Å²) in [5.74, 6) is -0.620. The Bertz CT molecular complexity index is 618. The Kier molecular flexibility index (Phi) is 3.82. The Morgan fingerprint density at radius 1 is 1.45 bits per heavy atom. The zero-order chi connectivity index (χ0) is 16.5. The number of imide groups is 1. The quantitative estimate of drug-likeness (QED) is 0.700. The van der Waals surface area contributed by atoms with Gasteiger partial charge in [-0.2, -0.15) is 0 Å². The lowest BCUT2D eigenvalue weighted by Gasteiger charge is -2.26. The lowest BCUT2D eigenvalue weighted by Crippen LogP contribution is -2.53. The second kappa shape index (κ2) is 5.32. The molecule has 0 radical (unpaired) electrons. The van der Waals surface area contributed by atoms with E-state index in [1.165, 1.54) is 6.26 Å². The number of urea groups is 1. The highest BCUT2D eigenvalue weighted by Gasteiger charge is 2.51. The molecule has 1 aliphatic heterocycles. The molecule has 0 saturated carbocycles. The minimum Gasteiger partial charge on any atom is -0.444 e. The Morgan fingerprint density at radius 3 is 2.59 bits per heavy atom. The molecule has 1 atom stereocenters. The van der Waals surface area contributed by atoms with Crippen LogP contribution in [0.25, 0.3) is 0 Å². The highest BCUT2D eigenvalue weighted by molar-refractivity contribution is 6.07. The number of nitrogens with one attached hydrogen (secondary N) is 3. The molecular formula is C13H18N4O5. The second-order valence-electron chi connectivity index (χ2n) is 6.02. The molecule has 1 aromatic heterocycles. The maximum atomic E-state index is 12.2. The summed E-state index contributed by atoms with van der Waals surface area (Å²) in [6, 6.07) is -0.668. The number of aromatic nitrogens is 1. The van der Waals surface area contributed by atoms with Crippen molar-refractivity contribution in [2.45, 2.75) is 38.8 Å². The van der Waals surface area contributed by atoms with Crippen LogP contribution in [-0.2, 0) is 15.1 Å². The van der Waals surface area contributed by atoms with Gasteiger partial charge in [0.2, 0.25) is 0 Å². The van der Waals surface area contributed by atoms with E-state index in [1.807, 2.05) is 0 Å². The van der Waals surface area contributed by atoms with Crippen molar-refractivity contribution in [3.63, 3.8) is 0 Å². The molecule has 2 heterocycles. The number of rotatable bonds is 3. The first kappa shape index (κ1) is 15.8. The number of carbonyl (C=O) groups excluding carboxylic acids is 3. The predicted molar refractivity (Wildman–Crippen MR) is 73.8 cm³/mol. The normalized spacial score (nSPS) is 21.3.